The first-order valence-electron chi connectivity index (χ1n) is 11.5. The zero-order chi connectivity index (χ0) is 21.9. The molecule has 1 saturated carbocycles. The number of anilines is 1. The second-order valence-corrected chi connectivity index (χ2v) is 8.65. The maximum absolute atomic E-state index is 13.1. The highest BCUT2D eigenvalue weighted by Crippen LogP contribution is 2.38. The largest absolute Gasteiger partial charge is 0.490 e. The maximum atomic E-state index is 13.1. The smallest absolute Gasteiger partial charge is 0.253 e. The molecule has 2 aromatic carbocycles. The number of hydrogen-bond acceptors (Lipinski definition) is 5. The van der Waals surface area contributed by atoms with Crippen LogP contribution in [0.4, 0.5) is 5.69 Å². The van der Waals surface area contributed by atoms with Crippen molar-refractivity contribution in [3.63, 3.8) is 0 Å². The first kappa shape index (κ1) is 20.7. The van der Waals surface area contributed by atoms with E-state index in [1.165, 1.54) is 0 Å². The van der Waals surface area contributed by atoms with Crippen LogP contribution in [0, 0.1) is 0 Å². The quantitative estimate of drug-likeness (QED) is 0.726. The molecular weight excluding hydrogens is 406 g/mol. The third kappa shape index (κ3) is 4.52. The Labute approximate surface area is 188 Å². The molecule has 1 aliphatic carbocycles. The average Bonchev–Trinajstić information content (AvgIpc) is 3.55. The van der Waals surface area contributed by atoms with Gasteiger partial charge in [0.05, 0.1) is 31.4 Å². The first-order chi connectivity index (χ1) is 15.7. The Morgan fingerprint density at radius 2 is 1.78 bits per heavy atom. The summed E-state index contributed by atoms with van der Waals surface area (Å²) in [6.07, 6.45) is 4.83. The van der Waals surface area contributed by atoms with Crippen molar-refractivity contribution in [2.24, 2.45) is 0 Å². The summed E-state index contributed by atoms with van der Waals surface area (Å²) in [5.41, 5.74) is 2.34. The van der Waals surface area contributed by atoms with Gasteiger partial charge in [-0.25, -0.2) is 0 Å². The van der Waals surface area contributed by atoms with E-state index in [0.717, 1.165) is 55.7 Å². The number of nitrogens with zero attached hydrogens (tertiary/aromatic N) is 1. The van der Waals surface area contributed by atoms with Gasteiger partial charge in [-0.3, -0.25) is 9.59 Å². The molecule has 2 aliphatic heterocycles. The van der Waals surface area contributed by atoms with E-state index >= 15 is 0 Å². The van der Waals surface area contributed by atoms with Gasteiger partial charge in [-0.1, -0.05) is 18.2 Å². The van der Waals surface area contributed by atoms with Crippen LogP contribution in [-0.4, -0.2) is 49.1 Å². The fraction of sp³-hybridized carbons (Fsp3) is 0.440. The Morgan fingerprint density at radius 1 is 0.969 bits per heavy atom. The van der Waals surface area contributed by atoms with E-state index in [4.69, 9.17) is 9.47 Å². The number of carbonyl (C=O) groups excluding carboxylic acids is 2. The minimum atomic E-state index is -0.0886. The number of ether oxygens (including phenoxy) is 2. The molecule has 1 atom stereocenters. The molecule has 2 heterocycles. The molecule has 2 fully saturated rings. The summed E-state index contributed by atoms with van der Waals surface area (Å²) in [7, 11) is 0. The summed E-state index contributed by atoms with van der Waals surface area (Å²) < 4.78 is 11.6. The van der Waals surface area contributed by atoms with E-state index in [9.17, 15) is 9.59 Å². The molecule has 3 aliphatic rings. The lowest BCUT2D eigenvalue weighted by molar-refractivity contribution is -0.130. The van der Waals surface area contributed by atoms with Crippen molar-refractivity contribution < 1.29 is 19.1 Å². The van der Waals surface area contributed by atoms with Gasteiger partial charge in [0, 0.05) is 24.7 Å². The van der Waals surface area contributed by atoms with Crippen molar-refractivity contribution in [2.45, 2.75) is 44.2 Å². The molecule has 0 bridgehead atoms. The molecule has 168 valence electrons. The SMILES string of the molecule is O=C(NC1CC1)c1ccccc1NCC(=O)N1CCCC1c1ccc2c(c1)OCCCO2. The van der Waals surface area contributed by atoms with E-state index in [0.29, 0.717) is 24.5 Å². The van der Waals surface area contributed by atoms with Crippen LogP contribution in [0.2, 0.25) is 0 Å². The lowest BCUT2D eigenvalue weighted by atomic mass is 10.0. The van der Waals surface area contributed by atoms with Crippen molar-refractivity contribution in [2.75, 3.05) is 31.6 Å². The van der Waals surface area contributed by atoms with Crippen LogP contribution in [0.3, 0.4) is 0 Å². The monoisotopic (exact) mass is 435 g/mol. The molecule has 2 N–H and O–H groups in total. The second-order valence-electron chi connectivity index (χ2n) is 8.65. The summed E-state index contributed by atoms with van der Waals surface area (Å²) in [4.78, 5) is 27.6. The van der Waals surface area contributed by atoms with E-state index < -0.39 is 0 Å². The van der Waals surface area contributed by atoms with Gasteiger partial charge in [0.1, 0.15) is 0 Å². The zero-order valence-corrected chi connectivity index (χ0v) is 18.1. The van der Waals surface area contributed by atoms with Gasteiger partial charge >= 0.3 is 0 Å². The number of likely N-dealkylation sites (tertiary alicyclic amines) is 1. The van der Waals surface area contributed by atoms with Crippen molar-refractivity contribution in [1.29, 1.82) is 0 Å². The van der Waals surface area contributed by atoms with Crippen LogP contribution in [-0.2, 0) is 4.79 Å². The highest BCUT2D eigenvalue weighted by molar-refractivity contribution is 6.00. The maximum Gasteiger partial charge on any atom is 0.253 e. The summed E-state index contributed by atoms with van der Waals surface area (Å²) in [6, 6.07) is 13.7. The number of hydrogen-bond donors (Lipinski definition) is 2. The van der Waals surface area contributed by atoms with Crippen molar-refractivity contribution in [1.82, 2.24) is 10.2 Å². The summed E-state index contributed by atoms with van der Waals surface area (Å²) in [6.45, 7) is 2.17. The first-order valence-corrected chi connectivity index (χ1v) is 11.5. The van der Waals surface area contributed by atoms with E-state index in [1.807, 2.05) is 41.3 Å². The Morgan fingerprint density at radius 3 is 2.62 bits per heavy atom. The number of carbonyl (C=O) groups is 2. The Balaban J connectivity index is 1.26. The van der Waals surface area contributed by atoms with Crippen LogP contribution in [0.25, 0.3) is 0 Å². The minimum Gasteiger partial charge on any atom is -0.490 e. The highest BCUT2D eigenvalue weighted by Gasteiger charge is 2.31. The molecule has 2 aromatic rings. The second kappa shape index (κ2) is 9.10. The predicted octanol–water partition coefficient (Wildman–Crippen LogP) is 3.52. The molecule has 32 heavy (non-hydrogen) atoms. The van der Waals surface area contributed by atoms with Crippen molar-refractivity contribution in [3.05, 3.63) is 53.6 Å². The standard InChI is InChI=1S/C25H29N3O4/c29-24(16-26-20-6-2-1-5-19(20)25(30)27-18-9-10-18)28-12-3-7-21(28)17-8-11-22-23(15-17)32-14-4-13-31-22/h1-2,5-6,8,11,15,18,21,26H,3-4,7,9-10,12-14,16H2,(H,27,30). The van der Waals surface area contributed by atoms with Gasteiger partial charge in [-0.15, -0.1) is 0 Å². The predicted molar refractivity (Wildman–Crippen MR) is 121 cm³/mol. The summed E-state index contributed by atoms with van der Waals surface area (Å²) in [5, 5.41) is 6.21. The summed E-state index contributed by atoms with van der Waals surface area (Å²) in [5.74, 6) is 1.46. The topological polar surface area (TPSA) is 79.9 Å². The number of rotatable bonds is 6. The van der Waals surface area contributed by atoms with Crippen LogP contribution < -0.4 is 20.1 Å². The Kier molecular flexibility index (Phi) is 5.88. The number of amides is 2. The molecule has 5 rings (SSSR count). The molecule has 7 heteroatoms. The van der Waals surface area contributed by atoms with E-state index in [2.05, 4.69) is 10.6 Å². The van der Waals surface area contributed by atoms with Crippen molar-refractivity contribution >= 4 is 17.5 Å². The van der Waals surface area contributed by atoms with Gasteiger partial charge in [-0.2, -0.15) is 0 Å². The summed E-state index contributed by atoms with van der Waals surface area (Å²) >= 11 is 0. The molecule has 1 saturated heterocycles. The lowest BCUT2D eigenvalue weighted by Crippen LogP contribution is -2.35. The van der Waals surface area contributed by atoms with Gasteiger partial charge in [0.15, 0.2) is 11.5 Å². The van der Waals surface area contributed by atoms with Crippen LogP contribution in [0.5, 0.6) is 11.5 Å². The number of para-hydroxylation sites is 1. The van der Waals surface area contributed by atoms with Crippen LogP contribution in [0.15, 0.2) is 42.5 Å². The normalized spacial score (nSPS) is 19.9. The van der Waals surface area contributed by atoms with Gasteiger partial charge < -0.3 is 25.0 Å². The van der Waals surface area contributed by atoms with E-state index in [1.54, 1.807) is 6.07 Å². The fourth-order valence-corrected chi connectivity index (χ4v) is 4.40. The van der Waals surface area contributed by atoms with Crippen molar-refractivity contribution in [3.8, 4) is 11.5 Å². The lowest BCUT2D eigenvalue weighted by Gasteiger charge is -2.26. The van der Waals surface area contributed by atoms with Gasteiger partial charge in [0.2, 0.25) is 5.91 Å². The molecule has 0 aromatic heterocycles. The Hall–Kier alpha value is -3.22. The molecule has 7 nitrogen and oxygen atoms in total. The number of fused-ring (bicyclic) bond motifs is 1. The fourth-order valence-electron chi connectivity index (χ4n) is 4.40. The highest BCUT2D eigenvalue weighted by atomic mass is 16.5. The average molecular weight is 436 g/mol. The number of nitrogens with one attached hydrogen (secondary N) is 2. The third-order valence-corrected chi connectivity index (χ3v) is 6.24. The molecule has 0 radical (unpaired) electrons. The molecular formula is C25H29N3O4. The van der Waals surface area contributed by atoms with Gasteiger partial charge in [0.25, 0.3) is 5.91 Å². The van der Waals surface area contributed by atoms with Gasteiger partial charge in [-0.05, 0) is 55.5 Å². The van der Waals surface area contributed by atoms with E-state index in [-0.39, 0.29) is 30.4 Å². The minimum absolute atomic E-state index is 0.0230. The van der Waals surface area contributed by atoms with Crippen LogP contribution >= 0.6 is 0 Å². The third-order valence-electron chi connectivity index (χ3n) is 6.24. The molecule has 1 unspecified atom stereocenters. The zero-order valence-electron chi connectivity index (χ0n) is 18.1. The number of benzene rings is 2. The molecule has 0 spiro atoms. The Bertz CT molecular complexity index is 1000. The molecule has 2 amide bonds. The van der Waals surface area contributed by atoms with Crippen LogP contribution in [0.1, 0.15) is 54.1 Å².